The molecule has 0 unspecified atom stereocenters. The van der Waals surface area contributed by atoms with Crippen molar-refractivity contribution in [1.82, 2.24) is 0 Å². The third-order valence-corrected chi connectivity index (χ3v) is 2.78. The second kappa shape index (κ2) is 2.73. The zero-order chi connectivity index (χ0) is 10.4. The number of hydrogen-bond donors (Lipinski definition) is 1. The van der Waals surface area contributed by atoms with Gasteiger partial charge in [-0.25, -0.2) is 9.69 Å². The molecule has 1 N–H and O–H groups in total. The van der Waals surface area contributed by atoms with Crippen molar-refractivity contribution >= 4 is 17.9 Å². The summed E-state index contributed by atoms with van der Waals surface area (Å²) < 4.78 is 0. The van der Waals surface area contributed by atoms with Crippen LogP contribution in [0.3, 0.4) is 0 Å². The van der Waals surface area contributed by atoms with E-state index in [1.165, 1.54) is 4.90 Å². The number of benzene rings is 1. The molecule has 3 nitrogen and oxygen atoms in total. The van der Waals surface area contributed by atoms with Crippen molar-refractivity contribution in [3.63, 3.8) is 0 Å². The van der Waals surface area contributed by atoms with Crippen LogP contribution in [0.2, 0.25) is 0 Å². The summed E-state index contributed by atoms with van der Waals surface area (Å²) in [5, 5.41) is 9.16. The van der Waals surface area contributed by atoms with Crippen LogP contribution in [0.5, 0.6) is 0 Å². The Kier molecular flexibility index (Phi) is 1.51. The first kappa shape index (κ1) is 8.29. The Morgan fingerprint density at radius 1 is 1.33 bits per heavy atom. The van der Waals surface area contributed by atoms with Crippen molar-refractivity contribution in [3.05, 3.63) is 47.2 Å². The van der Waals surface area contributed by atoms with Crippen LogP contribution >= 0.6 is 0 Å². The first-order valence-corrected chi connectivity index (χ1v) is 4.80. The van der Waals surface area contributed by atoms with Crippen molar-refractivity contribution in [1.29, 1.82) is 0 Å². The number of rotatable bonds is 0. The van der Waals surface area contributed by atoms with Crippen LogP contribution in [0.25, 0.3) is 6.08 Å². The van der Waals surface area contributed by atoms with Gasteiger partial charge >= 0.3 is 6.09 Å². The lowest BCUT2D eigenvalue weighted by atomic mass is 9.90. The molecule has 1 heterocycles. The van der Waals surface area contributed by atoms with Gasteiger partial charge in [0.15, 0.2) is 0 Å². The lowest BCUT2D eigenvalue weighted by molar-refractivity contribution is 0.203. The number of carbonyl (C=O) groups is 1. The molecular formula is C12H9NO2. The molecule has 0 saturated heterocycles. The van der Waals surface area contributed by atoms with Crippen LogP contribution in [-0.4, -0.2) is 11.2 Å². The molecule has 0 radical (unpaired) electrons. The van der Waals surface area contributed by atoms with Crippen molar-refractivity contribution < 1.29 is 9.90 Å². The summed E-state index contributed by atoms with van der Waals surface area (Å²) in [5.41, 5.74) is 3.66. The van der Waals surface area contributed by atoms with Crippen LogP contribution in [0, 0.1) is 0 Å². The quantitative estimate of drug-likeness (QED) is 0.697. The van der Waals surface area contributed by atoms with E-state index in [-0.39, 0.29) is 0 Å². The SMILES string of the molecule is O=C(O)N1C2=CCC2=Cc2ccccc21. The van der Waals surface area contributed by atoms with E-state index in [1.807, 2.05) is 30.3 Å². The summed E-state index contributed by atoms with van der Waals surface area (Å²) in [5.74, 6) is 0. The van der Waals surface area contributed by atoms with Gasteiger partial charge in [-0.3, -0.25) is 0 Å². The predicted octanol–water partition coefficient (Wildman–Crippen LogP) is 2.86. The monoisotopic (exact) mass is 199 g/mol. The fourth-order valence-electron chi connectivity index (χ4n) is 2.02. The van der Waals surface area contributed by atoms with Gasteiger partial charge in [-0.2, -0.15) is 0 Å². The van der Waals surface area contributed by atoms with Gasteiger partial charge in [0.25, 0.3) is 0 Å². The van der Waals surface area contributed by atoms with Gasteiger partial charge < -0.3 is 5.11 Å². The summed E-state index contributed by atoms with van der Waals surface area (Å²) in [6.45, 7) is 0. The van der Waals surface area contributed by atoms with Crippen LogP contribution in [0.4, 0.5) is 10.5 Å². The highest BCUT2D eigenvalue weighted by Crippen LogP contribution is 2.41. The van der Waals surface area contributed by atoms with Crippen LogP contribution in [0.15, 0.2) is 41.6 Å². The van der Waals surface area contributed by atoms with Crippen LogP contribution in [0.1, 0.15) is 12.0 Å². The molecule has 3 rings (SSSR count). The van der Waals surface area contributed by atoms with E-state index in [9.17, 15) is 4.79 Å². The molecule has 1 aliphatic carbocycles. The van der Waals surface area contributed by atoms with Gasteiger partial charge in [0.2, 0.25) is 0 Å². The number of hydrogen-bond acceptors (Lipinski definition) is 1. The summed E-state index contributed by atoms with van der Waals surface area (Å²) in [6, 6.07) is 7.54. The van der Waals surface area contributed by atoms with E-state index in [1.54, 1.807) is 0 Å². The molecule has 0 fully saturated rings. The Hall–Kier alpha value is -2.03. The fraction of sp³-hybridized carbons (Fsp3) is 0.0833. The Balaban J connectivity index is 2.24. The van der Waals surface area contributed by atoms with Crippen molar-refractivity contribution in [2.75, 3.05) is 4.90 Å². The van der Waals surface area contributed by atoms with Crippen LogP contribution < -0.4 is 4.90 Å². The highest BCUT2D eigenvalue weighted by molar-refractivity contribution is 5.98. The smallest absolute Gasteiger partial charge is 0.416 e. The highest BCUT2D eigenvalue weighted by atomic mass is 16.4. The zero-order valence-corrected chi connectivity index (χ0v) is 7.97. The lowest BCUT2D eigenvalue weighted by Crippen LogP contribution is -2.34. The molecule has 0 atom stereocenters. The van der Waals surface area contributed by atoms with Crippen LogP contribution in [-0.2, 0) is 0 Å². The second-order valence-electron chi connectivity index (χ2n) is 3.64. The topological polar surface area (TPSA) is 40.5 Å². The van der Waals surface area contributed by atoms with Gasteiger partial charge in [-0.15, -0.1) is 0 Å². The lowest BCUT2D eigenvalue weighted by Gasteiger charge is -2.34. The first-order valence-electron chi connectivity index (χ1n) is 4.80. The Morgan fingerprint density at radius 2 is 2.13 bits per heavy atom. The summed E-state index contributed by atoms with van der Waals surface area (Å²) in [7, 11) is 0. The summed E-state index contributed by atoms with van der Waals surface area (Å²) in [6.07, 6.45) is 3.95. The van der Waals surface area contributed by atoms with Gasteiger partial charge in [0, 0.05) is 0 Å². The van der Waals surface area contributed by atoms with Gasteiger partial charge in [-0.1, -0.05) is 24.3 Å². The molecule has 1 aromatic rings. The van der Waals surface area contributed by atoms with Gasteiger partial charge in [0.1, 0.15) is 0 Å². The van der Waals surface area contributed by atoms with E-state index in [2.05, 4.69) is 6.08 Å². The minimum absolute atomic E-state index is 0.750. The first-order chi connectivity index (χ1) is 7.27. The summed E-state index contributed by atoms with van der Waals surface area (Å²) in [4.78, 5) is 12.5. The van der Waals surface area contributed by atoms with Gasteiger partial charge in [0.05, 0.1) is 11.4 Å². The third-order valence-electron chi connectivity index (χ3n) is 2.78. The molecule has 0 spiro atoms. The molecule has 15 heavy (non-hydrogen) atoms. The maximum atomic E-state index is 11.2. The highest BCUT2D eigenvalue weighted by Gasteiger charge is 2.31. The number of allylic oxidation sites excluding steroid dienone is 2. The number of fused-ring (bicyclic) bond motifs is 2. The number of para-hydroxylation sites is 1. The molecule has 0 aromatic heterocycles. The average molecular weight is 199 g/mol. The summed E-state index contributed by atoms with van der Waals surface area (Å²) >= 11 is 0. The minimum atomic E-state index is -0.918. The van der Waals surface area contributed by atoms with E-state index >= 15 is 0 Å². The Labute approximate surface area is 86.9 Å². The maximum absolute atomic E-state index is 11.2. The zero-order valence-electron chi connectivity index (χ0n) is 7.97. The Bertz CT molecular complexity index is 514. The second-order valence-corrected chi connectivity index (χ2v) is 3.64. The number of amides is 1. The molecule has 1 amide bonds. The maximum Gasteiger partial charge on any atom is 0.416 e. The number of carboxylic acid groups (broad SMARTS) is 1. The molecular weight excluding hydrogens is 190 g/mol. The standard InChI is InChI=1S/C12H9NO2/c14-12(15)13-10-4-2-1-3-8(10)7-9-5-6-11(9)13/h1-4,6-7H,5H2,(H,14,15). The molecule has 1 aliphatic heterocycles. The molecule has 3 heteroatoms. The molecule has 0 saturated carbocycles. The molecule has 1 aromatic carbocycles. The van der Waals surface area contributed by atoms with Crippen molar-refractivity contribution in [2.45, 2.75) is 6.42 Å². The molecule has 74 valence electrons. The van der Waals surface area contributed by atoms with E-state index in [0.717, 1.165) is 28.9 Å². The van der Waals surface area contributed by atoms with Crippen molar-refractivity contribution in [2.24, 2.45) is 0 Å². The van der Waals surface area contributed by atoms with Crippen molar-refractivity contribution in [3.8, 4) is 0 Å². The van der Waals surface area contributed by atoms with E-state index in [0.29, 0.717) is 0 Å². The largest absolute Gasteiger partial charge is 0.464 e. The number of anilines is 1. The van der Waals surface area contributed by atoms with E-state index in [4.69, 9.17) is 5.11 Å². The number of nitrogens with zero attached hydrogens (tertiary/aromatic N) is 1. The third kappa shape index (κ3) is 1.03. The van der Waals surface area contributed by atoms with Gasteiger partial charge in [-0.05, 0) is 29.7 Å². The van der Waals surface area contributed by atoms with E-state index < -0.39 is 6.09 Å². The fourth-order valence-corrected chi connectivity index (χ4v) is 2.02. The molecule has 2 aliphatic rings. The minimum Gasteiger partial charge on any atom is -0.464 e. The molecule has 0 bridgehead atoms. The predicted molar refractivity (Wildman–Crippen MR) is 57.6 cm³/mol. The average Bonchev–Trinajstić information content (AvgIpc) is 2.20. The Morgan fingerprint density at radius 3 is 2.80 bits per heavy atom. The normalized spacial score (nSPS) is 16.9.